The molecule has 5 nitrogen and oxygen atoms in total. The van der Waals surface area contributed by atoms with E-state index in [0.29, 0.717) is 5.92 Å². The van der Waals surface area contributed by atoms with Gasteiger partial charge in [0.2, 0.25) is 0 Å². The Hall–Kier alpha value is -1.04. The zero-order valence-electron chi connectivity index (χ0n) is 13.5. The van der Waals surface area contributed by atoms with E-state index < -0.39 is 5.97 Å². The van der Waals surface area contributed by atoms with Crippen LogP contribution in [0.3, 0.4) is 0 Å². The summed E-state index contributed by atoms with van der Waals surface area (Å²) in [6, 6.07) is 0. The van der Waals surface area contributed by atoms with Crippen LogP contribution in [-0.4, -0.2) is 31.1 Å². The molecule has 0 radical (unpaired) electrons. The Balaban J connectivity index is 2.18. The quantitative estimate of drug-likeness (QED) is 0.929. The third-order valence-corrected chi connectivity index (χ3v) is 6.03. The van der Waals surface area contributed by atoms with E-state index in [1.54, 1.807) is 11.8 Å². The van der Waals surface area contributed by atoms with E-state index in [1.807, 2.05) is 18.5 Å². The van der Waals surface area contributed by atoms with Crippen molar-refractivity contribution in [1.82, 2.24) is 14.8 Å². The van der Waals surface area contributed by atoms with E-state index in [2.05, 4.69) is 31.0 Å². The molecule has 1 saturated carbocycles. The minimum absolute atomic E-state index is 0.0720. The van der Waals surface area contributed by atoms with Gasteiger partial charge in [0.05, 0.1) is 5.92 Å². The molecule has 0 amide bonds. The lowest BCUT2D eigenvalue weighted by Crippen LogP contribution is -2.37. The molecule has 3 unspecified atom stereocenters. The Morgan fingerprint density at radius 1 is 1.33 bits per heavy atom. The van der Waals surface area contributed by atoms with Gasteiger partial charge in [-0.1, -0.05) is 32.5 Å². The fraction of sp³-hybridized carbons (Fsp3) is 0.800. The minimum atomic E-state index is -0.682. The predicted octanol–water partition coefficient (Wildman–Crippen LogP) is 3.13. The Morgan fingerprint density at radius 3 is 2.48 bits per heavy atom. The summed E-state index contributed by atoms with van der Waals surface area (Å²) in [6.45, 7) is 8.64. The third kappa shape index (κ3) is 3.59. The first-order chi connectivity index (χ1) is 9.70. The minimum Gasteiger partial charge on any atom is -0.481 e. The van der Waals surface area contributed by atoms with Gasteiger partial charge in [0.1, 0.15) is 5.82 Å². The Labute approximate surface area is 130 Å². The van der Waals surface area contributed by atoms with Crippen molar-refractivity contribution in [3.63, 3.8) is 0 Å². The zero-order chi connectivity index (χ0) is 15.8. The third-order valence-electron chi connectivity index (χ3n) is 4.64. The van der Waals surface area contributed by atoms with Gasteiger partial charge in [0, 0.05) is 12.3 Å². The van der Waals surface area contributed by atoms with Crippen molar-refractivity contribution in [3.8, 4) is 0 Å². The van der Waals surface area contributed by atoms with Crippen molar-refractivity contribution in [2.75, 3.05) is 0 Å². The van der Waals surface area contributed by atoms with Gasteiger partial charge >= 0.3 is 5.97 Å². The summed E-state index contributed by atoms with van der Waals surface area (Å²) in [7, 11) is 1.93. The summed E-state index contributed by atoms with van der Waals surface area (Å²) in [6.07, 6.45) is 2.68. The first-order valence-electron chi connectivity index (χ1n) is 7.45. The number of carboxylic acid groups (broad SMARTS) is 1. The maximum Gasteiger partial charge on any atom is 0.307 e. The molecule has 1 N–H and O–H groups in total. The molecule has 1 aromatic rings. The van der Waals surface area contributed by atoms with Crippen LogP contribution in [0.5, 0.6) is 0 Å². The molecule has 0 saturated heterocycles. The van der Waals surface area contributed by atoms with Crippen LogP contribution in [0, 0.1) is 24.2 Å². The summed E-state index contributed by atoms with van der Waals surface area (Å²) in [5.41, 5.74) is 0.220. The highest BCUT2D eigenvalue weighted by atomic mass is 32.2. The van der Waals surface area contributed by atoms with Crippen LogP contribution in [0.2, 0.25) is 0 Å². The normalized spacial score (nSPS) is 26.8. The Bertz CT molecular complexity index is 521. The number of hydrogen-bond acceptors (Lipinski definition) is 4. The lowest BCUT2D eigenvalue weighted by atomic mass is 9.69. The molecule has 0 bridgehead atoms. The van der Waals surface area contributed by atoms with Crippen molar-refractivity contribution < 1.29 is 9.90 Å². The summed E-state index contributed by atoms with van der Waals surface area (Å²) >= 11 is 1.58. The number of rotatable bonds is 3. The summed E-state index contributed by atoms with van der Waals surface area (Å²) in [5.74, 6) is 0.442. The summed E-state index contributed by atoms with van der Waals surface area (Å²) < 4.78 is 1.93. The van der Waals surface area contributed by atoms with Gasteiger partial charge in [-0.25, -0.2) is 0 Å². The molecule has 21 heavy (non-hydrogen) atoms. The van der Waals surface area contributed by atoms with Crippen molar-refractivity contribution >= 4 is 17.7 Å². The fourth-order valence-corrected chi connectivity index (χ4v) is 4.35. The van der Waals surface area contributed by atoms with E-state index in [0.717, 1.165) is 30.2 Å². The predicted molar refractivity (Wildman–Crippen MR) is 83.3 cm³/mol. The van der Waals surface area contributed by atoms with Crippen molar-refractivity contribution in [1.29, 1.82) is 0 Å². The van der Waals surface area contributed by atoms with E-state index in [-0.39, 0.29) is 16.6 Å². The summed E-state index contributed by atoms with van der Waals surface area (Å²) in [5, 5.41) is 18.6. The number of thioether (sulfide) groups is 1. The van der Waals surface area contributed by atoms with Gasteiger partial charge in [0.15, 0.2) is 5.16 Å². The van der Waals surface area contributed by atoms with E-state index in [1.165, 1.54) is 0 Å². The second-order valence-electron chi connectivity index (χ2n) is 7.07. The van der Waals surface area contributed by atoms with Gasteiger partial charge in [0.25, 0.3) is 0 Å². The smallest absolute Gasteiger partial charge is 0.307 e. The van der Waals surface area contributed by atoms with Crippen LogP contribution in [-0.2, 0) is 11.8 Å². The van der Waals surface area contributed by atoms with Gasteiger partial charge in [-0.2, -0.15) is 0 Å². The topological polar surface area (TPSA) is 68.0 Å². The first kappa shape index (κ1) is 16.3. The SMILES string of the molecule is Cc1nnc(SC2CC(C(C)(C)C)CCC2C(=O)O)n1C. The number of carboxylic acids is 1. The number of aliphatic carboxylic acids is 1. The maximum atomic E-state index is 11.5. The molecule has 1 aromatic heterocycles. The van der Waals surface area contributed by atoms with Gasteiger partial charge in [-0.3, -0.25) is 4.79 Å². The van der Waals surface area contributed by atoms with E-state index in [4.69, 9.17) is 0 Å². The molecule has 1 aliphatic rings. The molecule has 118 valence electrons. The molecule has 0 spiro atoms. The van der Waals surface area contributed by atoms with Gasteiger partial charge in [-0.05, 0) is 37.5 Å². The largest absolute Gasteiger partial charge is 0.481 e. The monoisotopic (exact) mass is 311 g/mol. The van der Waals surface area contributed by atoms with Crippen molar-refractivity contribution in [2.24, 2.45) is 24.3 Å². The Kier molecular flexibility index (Phi) is 4.66. The second-order valence-corrected chi connectivity index (χ2v) is 8.27. The highest BCUT2D eigenvalue weighted by molar-refractivity contribution is 7.99. The molecule has 2 rings (SSSR count). The average molecular weight is 311 g/mol. The molecule has 0 aliphatic heterocycles. The highest BCUT2D eigenvalue weighted by Crippen LogP contribution is 2.45. The molecule has 1 fully saturated rings. The molecule has 3 atom stereocenters. The summed E-state index contributed by atoms with van der Waals surface area (Å²) in [4.78, 5) is 11.5. The van der Waals surface area contributed by atoms with Gasteiger partial charge < -0.3 is 9.67 Å². The number of carbonyl (C=O) groups is 1. The van der Waals surface area contributed by atoms with Crippen LogP contribution in [0.15, 0.2) is 5.16 Å². The van der Waals surface area contributed by atoms with Crippen LogP contribution in [0.4, 0.5) is 0 Å². The van der Waals surface area contributed by atoms with Crippen LogP contribution < -0.4 is 0 Å². The average Bonchev–Trinajstić information content (AvgIpc) is 2.69. The van der Waals surface area contributed by atoms with Crippen molar-refractivity contribution in [3.05, 3.63) is 5.82 Å². The molecule has 1 heterocycles. The first-order valence-corrected chi connectivity index (χ1v) is 8.33. The number of hydrogen-bond donors (Lipinski definition) is 1. The molecular weight excluding hydrogens is 286 g/mol. The lowest BCUT2D eigenvalue weighted by Gasteiger charge is -2.40. The number of aromatic nitrogens is 3. The van der Waals surface area contributed by atoms with E-state index >= 15 is 0 Å². The molecule has 6 heteroatoms. The molecule has 1 aliphatic carbocycles. The number of aryl methyl sites for hydroxylation is 1. The Morgan fingerprint density at radius 2 is 2.00 bits per heavy atom. The van der Waals surface area contributed by atoms with Crippen LogP contribution in [0.25, 0.3) is 0 Å². The van der Waals surface area contributed by atoms with Crippen LogP contribution >= 0.6 is 11.8 Å². The highest BCUT2D eigenvalue weighted by Gasteiger charge is 2.40. The molecule has 0 aromatic carbocycles. The maximum absolute atomic E-state index is 11.5. The van der Waals surface area contributed by atoms with Gasteiger partial charge in [-0.15, -0.1) is 10.2 Å². The standard InChI is InChI=1S/C15H25N3O2S/c1-9-16-17-14(18(9)5)21-12-8-10(15(2,3)4)6-7-11(12)13(19)20/h10-12H,6-8H2,1-5H3,(H,19,20). The lowest BCUT2D eigenvalue weighted by molar-refractivity contribution is -0.143. The fourth-order valence-electron chi connectivity index (χ4n) is 2.95. The van der Waals surface area contributed by atoms with E-state index in [9.17, 15) is 9.90 Å². The second kappa shape index (κ2) is 5.99. The molecular formula is C15H25N3O2S. The van der Waals surface area contributed by atoms with Crippen LogP contribution in [0.1, 0.15) is 45.9 Å². The van der Waals surface area contributed by atoms with Crippen molar-refractivity contribution in [2.45, 2.75) is 57.4 Å². The number of nitrogens with zero attached hydrogens (tertiary/aromatic N) is 3. The zero-order valence-corrected chi connectivity index (χ0v) is 14.3.